The number of rotatable bonds is 4. The van der Waals surface area contributed by atoms with E-state index in [4.69, 9.17) is 23.2 Å². The van der Waals surface area contributed by atoms with Crippen LogP contribution in [0.5, 0.6) is 0 Å². The molecule has 2 aromatic carbocycles. The van der Waals surface area contributed by atoms with E-state index >= 15 is 0 Å². The first-order valence-corrected chi connectivity index (χ1v) is 8.52. The van der Waals surface area contributed by atoms with Gasteiger partial charge < -0.3 is 5.32 Å². The minimum atomic E-state index is -0.303. The molecule has 0 aliphatic rings. The van der Waals surface area contributed by atoms with Crippen molar-refractivity contribution in [3.05, 3.63) is 68.6 Å². The van der Waals surface area contributed by atoms with Crippen LogP contribution in [0.25, 0.3) is 11.0 Å². The zero-order valence-electron chi connectivity index (χ0n) is 13.8. The third-order valence-electron chi connectivity index (χ3n) is 4.16. The molecule has 5 nitrogen and oxygen atoms in total. The number of hydrogen-bond acceptors (Lipinski definition) is 2. The molecule has 0 fully saturated rings. The van der Waals surface area contributed by atoms with Crippen LogP contribution in [0, 0.1) is 0 Å². The van der Waals surface area contributed by atoms with E-state index in [1.165, 1.54) is 9.13 Å². The molecule has 7 heteroatoms. The Kier molecular flexibility index (Phi) is 4.88. The van der Waals surface area contributed by atoms with Crippen LogP contribution in [0.2, 0.25) is 10.0 Å². The third-order valence-corrected chi connectivity index (χ3v) is 4.72. The second-order valence-electron chi connectivity index (χ2n) is 5.87. The summed E-state index contributed by atoms with van der Waals surface area (Å²) in [6, 6.07) is 12.2. The Labute approximate surface area is 154 Å². The fourth-order valence-electron chi connectivity index (χ4n) is 2.88. The molecule has 1 amide bonds. The van der Waals surface area contributed by atoms with Crippen molar-refractivity contribution in [1.82, 2.24) is 14.5 Å². The van der Waals surface area contributed by atoms with Crippen LogP contribution in [-0.2, 0) is 18.4 Å². The number of carbonyl (C=O) groups excluding carboxylic acids is 1. The SMILES string of the molecule is CC(NC(=O)Cn1c(=O)n(C)c2ccccc21)c1ccc(Cl)cc1Cl. The second kappa shape index (κ2) is 6.94. The molecule has 3 aromatic rings. The van der Waals surface area contributed by atoms with Crippen LogP contribution < -0.4 is 11.0 Å². The first-order valence-electron chi connectivity index (χ1n) is 7.77. The minimum Gasteiger partial charge on any atom is -0.348 e. The van der Waals surface area contributed by atoms with E-state index in [1.807, 2.05) is 31.2 Å². The van der Waals surface area contributed by atoms with Gasteiger partial charge in [-0.25, -0.2) is 4.79 Å². The van der Waals surface area contributed by atoms with Gasteiger partial charge in [-0.2, -0.15) is 0 Å². The highest BCUT2D eigenvalue weighted by Crippen LogP contribution is 2.26. The molecule has 0 aliphatic carbocycles. The van der Waals surface area contributed by atoms with E-state index in [0.29, 0.717) is 10.0 Å². The van der Waals surface area contributed by atoms with Crippen molar-refractivity contribution in [2.24, 2.45) is 7.05 Å². The van der Waals surface area contributed by atoms with Crippen molar-refractivity contribution >= 4 is 40.1 Å². The Hall–Kier alpha value is -2.24. The van der Waals surface area contributed by atoms with Crippen molar-refractivity contribution in [3.8, 4) is 0 Å². The lowest BCUT2D eigenvalue weighted by Crippen LogP contribution is -2.34. The Morgan fingerprint density at radius 2 is 1.84 bits per heavy atom. The summed E-state index contributed by atoms with van der Waals surface area (Å²) in [5.41, 5.74) is 2.05. The molecule has 3 rings (SSSR count). The van der Waals surface area contributed by atoms with Gasteiger partial charge in [0, 0.05) is 17.1 Å². The summed E-state index contributed by atoms with van der Waals surface area (Å²) in [5.74, 6) is -0.267. The number of amides is 1. The largest absolute Gasteiger partial charge is 0.348 e. The minimum absolute atomic E-state index is 0.0598. The highest BCUT2D eigenvalue weighted by molar-refractivity contribution is 6.35. The molecule has 0 saturated carbocycles. The van der Waals surface area contributed by atoms with Gasteiger partial charge in [0.05, 0.1) is 17.1 Å². The summed E-state index contributed by atoms with van der Waals surface area (Å²) in [5, 5.41) is 3.90. The highest BCUT2D eigenvalue weighted by atomic mass is 35.5. The molecule has 1 aromatic heterocycles. The maximum absolute atomic E-state index is 12.4. The summed E-state index contributed by atoms with van der Waals surface area (Å²) in [6.07, 6.45) is 0. The molecule has 1 heterocycles. The van der Waals surface area contributed by atoms with Crippen molar-refractivity contribution in [3.63, 3.8) is 0 Å². The number of imidazole rings is 1. The number of aryl methyl sites for hydroxylation is 1. The summed E-state index contributed by atoms with van der Waals surface area (Å²) in [7, 11) is 1.69. The third kappa shape index (κ3) is 3.43. The molecule has 0 spiro atoms. The Balaban J connectivity index is 1.81. The summed E-state index contributed by atoms with van der Waals surface area (Å²) in [4.78, 5) is 24.8. The molecule has 130 valence electrons. The molecule has 0 saturated heterocycles. The quantitative estimate of drug-likeness (QED) is 0.755. The normalized spacial score (nSPS) is 12.3. The molecule has 1 unspecified atom stereocenters. The summed E-state index contributed by atoms with van der Waals surface area (Å²) < 4.78 is 2.99. The van der Waals surface area contributed by atoms with Crippen molar-refractivity contribution < 1.29 is 4.79 Å². The number of benzene rings is 2. The van der Waals surface area contributed by atoms with E-state index in [0.717, 1.165) is 16.6 Å². The maximum atomic E-state index is 12.4. The van der Waals surface area contributed by atoms with Gasteiger partial charge in [0.2, 0.25) is 5.91 Å². The average Bonchev–Trinajstić information content (AvgIpc) is 2.80. The van der Waals surface area contributed by atoms with Gasteiger partial charge in [-0.05, 0) is 36.8 Å². The summed E-state index contributed by atoms with van der Waals surface area (Å²) in [6.45, 7) is 1.77. The van der Waals surface area contributed by atoms with Crippen molar-refractivity contribution in [2.45, 2.75) is 19.5 Å². The van der Waals surface area contributed by atoms with Gasteiger partial charge in [0.1, 0.15) is 6.54 Å². The Morgan fingerprint density at radius 3 is 2.52 bits per heavy atom. The van der Waals surface area contributed by atoms with Gasteiger partial charge in [-0.15, -0.1) is 0 Å². The number of para-hydroxylation sites is 2. The van der Waals surface area contributed by atoms with Crippen LogP contribution >= 0.6 is 23.2 Å². The fraction of sp³-hybridized carbons (Fsp3) is 0.222. The van der Waals surface area contributed by atoms with Crippen LogP contribution in [0.1, 0.15) is 18.5 Å². The van der Waals surface area contributed by atoms with Crippen molar-refractivity contribution in [2.75, 3.05) is 0 Å². The van der Waals surface area contributed by atoms with E-state index < -0.39 is 0 Å². The number of fused-ring (bicyclic) bond motifs is 1. The number of aromatic nitrogens is 2. The lowest BCUT2D eigenvalue weighted by molar-refractivity contribution is -0.122. The molecule has 0 aliphatic heterocycles. The second-order valence-corrected chi connectivity index (χ2v) is 6.72. The maximum Gasteiger partial charge on any atom is 0.329 e. The van der Waals surface area contributed by atoms with Gasteiger partial charge in [-0.3, -0.25) is 13.9 Å². The number of halogens is 2. The predicted molar refractivity (Wildman–Crippen MR) is 100 cm³/mol. The average molecular weight is 378 g/mol. The van der Waals surface area contributed by atoms with E-state index in [9.17, 15) is 9.59 Å². The first kappa shape index (κ1) is 17.6. The van der Waals surface area contributed by atoms with Gasteiger partial charge in [0.25, 0.3) is 0 Å². The number of carbonyl (C=O) groups is 1. The predicted octanol–water partition coefficient (Wildman–Crippen LogP) is 3.52. The molecule has 0 bridgehead atoms. The number of hydrogen-bond donors (Lipinski definition) is 1. The van der Waals surface area contributed by atoms with Gasteiger partial charge in [-0.1, -0.05) is 41.4 Å². The van der Waals surface area contributed by atoms with E-state index in [1.54, 1.807) is 25.2 Å². The zero-order chi connectivity index (χ0) is 18.1. The Morgan fingerprint density at radius 1 is 1.16 bits per heavy atom. The number of nitrogens with one attached hydrogen (secondary N) is 1. The van der Waals surface area contributed by atoms with E-state index in [-0.39, 0.29) is 24.2 Å². The van der Waals surface area contributed by atoms with Gasteiger partial charge in [0.15, 0.2) is 0 Å². The monoisotopic (exact) mass is 377 g/mol. The van der Waals surface area contributed by atoms with Gasteiger partial charge >= 0.3 is 5.69 Å². The molecule has 1 atom stereocenters. The van der Waals surface area contributed by atoms with Crippen LogP contribution in [0.15, 0.2) is 47.3 Å². The lowest BCUT2D eigenvalue weighted by Gasteiger charge is -2.16. The molecule has 0 radical (unpaired) electrons. The topological polar surface area (TPSA) is 56.0 Å². The fourth-order valence-corrected chi connectivity index (χ4v) is 3.45. The van der Waals surface area contributed by atoms with Crippen LogP contribution in [0.4, 0.5) is 0 Å². The Bertz CT molecular complexity index is 1010. The standard InChI is InChI=1S/C18H17Cl2N3O2/c1-11(13-8-7-12(19)9-14(13)20)21-17(24)10-23-16-6-4-3-5-15(16)22(2)18(23)25/h3-9,11H,10H2,1-2H3,(H,21,24). The molecular formula is C18H17Cl2N3O2. The van der Waals surface area contributed by atoms with Crippen LogP contribution in [-0.4, -0.2) is 15.0 Å². The lowest BCUT2D eigenvalue weighted by atomic mass is 10.1. The molecular weight excluding hydrogens is 361 g/mol. The van der Waals surface area contributed by atoms with Crippen molar-refractivity contribution in [1.29, 1.82) is 0 Å². The van der Waals surface area contributed by atoms with Crippen LogP contribution in [0.3, 0.4) is 0 Å². The first-order chi connectivity index (χ1) is 11.9. The smallest absolute Gasteiger partial charge is 0.329 e. The highest BCUT2D eigenvalue weighted by Gasteiger charge is 2.16. The number of nitrogens with zero attached hydrogens (tertiary/aromatic N) is 2. The zero-order valence-corrected chi connectivity index (χ0v) is 15.3. The molecule has 1 N–H and O–H groups in total. The molecule has 25 heavy (non-hydrogen) atoms. The summed E-state index contributed by atoms with van der Waals surface area (Å²) >= 11 is 12.1. The van der Waals surface area contributed by atoms with E-state index in [2.05, 4.69) is 5.32 Å².